The van der Waals surface area contributed by atoms with Crippen LogP contribution in [0.1, 0.15) is 31.9 Å². The Balaban J connectivity index is 0.000000540. The normalized spacial score (nSPS) is 11.4. The zero-order chi connectivity index (χ0) is 25.7. The van der Waals surface area contributed by atoms with Crippen LogP contribution in [0.3, 0.4) is 0 Å². The van der Waals surface area contributed by atoms with E-state index in [1.807, 2.05) is 67.6 Å². The summed E-state index contributed by atoms with van der Waals surface area (Å²) in [6.45, 7) is 8.23. The number of rotatable bonds is 11. The SMILES string of the molecule is CCOc1ccc(C(C)(C)COCc2cccc(Oc3ccccc3)c2)cc1.O=P(O)(O)CCCl. The van der Waals surface area contributed by atoms with Gasteiger partial charge in [-0.3, -0.25) is 4.57 Å². The second-order valence-corrected chi connectivity index (χ2v) is 10.6. The predicted molar refractivity (Wildman–Crippen MR) is 141 cm³/mol. The minimum absolute atomic E-state index is 0.0181. The molecule has 0 aliphatic rings. The Morgan fingerprint density at radius 1 is 0.886 bits per heavy atom. The molecular weight excluding hydrogens is 487 g/mol. The topological polar surface area (TPSA) is 85.2 Å². The number of para-hydroxylation sites is 1. The van der Waals surface area contributed by atoms with E-state index in [1.54, 1.807) is 0 Å². The van der Waals surface area contributed by atoms with Crippen molar-refractivity contribution < 1.29 is 28.6 Å². The van der Waals surface area contributed by atoms with Gasteiger partial charge >= 0.3 is 7.60 Å². The first-order valence-corrected chi connectivity index (χ1v) is 13.7. The highest BCUT2D eigenvalue weighted by Gasteiger charge is 2.21. The summed E-state index contributed by atoms with van der Waals surface area (Å²) >= 11 is 4.99. The fourth-order valence-electron chi connectivity index (χ4n) is 3.11. The van der Waals surface area contributed by atoms with E-state index in [4.69, 9.17) is 35.6 Å². The summed E-state index contributed by atoms with van der Waals surface area (Å²) in [5, 5.41) is 0. The highest BCUT2D eigenvalue weighted by atomic mass is 35.5. The molecule has 3 rings (SSSR count). The maximum Gasteiger partial charge on any atom is 0.326 e. The summed E-state index contributed by atoms with van der Waals surface area (Å²) < 4.78 is 27.3. The molecule has 0 saturated heterocycles. The van der Waals surface area contributed by atoms with Gasteiger partial charge in [0.2, 0.25) is 0 Å². The van der Waals surface area contributed by atoms with E-state index >= 15 is 0 Å². The zero-order valence-corrected chi connectivity index (χ0v) is 22.0. The van der Waals surface area contributed by atoms with Gasteiger partial charge in [0.15, 0.2) is 0 Å². The van der Waals surface area contributed by atoms with Gasteiger partial charge in [-0.15, -0.1) is 11.6 Å². The van der Waals surface area contributed by atoms with Crippen molar-refractivity contribution >= 4 is 19.2 Å². The monoisotopic (exact) mass is 520 g/mol. The molecule has 0 aliphatic carbocycles. The van der Waals surface area contributed by atoms with Gasteiger partial charge < -0.3 is 24.0 Å². The van der Waals surface area contributed by atoms with Gasteiger partial charge in [0.1, 0.15) is 17.2 Å². The highest BCUT2D eigenvalue weighted by molar-refractivity contribution is 7.51. The molecule has 35 heavy (non-hydrogen) atoms. The van der Waals surface area contributed by atoms with Crippen molar-refractivity contribution in [3.63, 3.8) is 0 Å². The molecule has 0 bridgehead atoms. The van der Waals surface area contributed by atoms with Crippen LogP contribution in [0.25, 0.3) is 0 Å². The van der Waals surface area contributed by atoms with Crippen molar-refractivity contribution in [3.8, 4) is 17.2 Å². The molecule has 0 amide bonds. The number of halogens is 1. The van der Waals surface area contributed by atoms with E-state index in [2.05, 4.69) is 32.0 Å². The molecule has 6 nitrogen and oxygen atoms in total. The van der Waals surface area contributed by atoms with E-state index in [-0.39, 0.29) is 17.5 Å². The number of hydrogen-bond donors (Lipinski definition) is 2. The van der Waals surface area contributed by atoms with Crippen LogP contribution in [0, 0.1) is 0 Å². The zero-order valence-electron chi connectivity index (χ0n) is 20.4. The molecule has 0 aromatic heterocycles. The second kappa shape index (κ2) is 14.3. The van der Waals surface area contributed by atoms with Crippen LogP contribution in [0.2, 0.25) is 0 Å². The smallest absolute Gasteiger partial charge is 0.326 e. The second-order valence-electron chi connectivity index (χ2n) is 8.47. The lowest BCUT2D eigenvalue weighted by atomic mass is 9.85. The summed E-state index contributed by atoms with van der Waals surface area (Å²) in [4.78, 5) is 16.1. The third kappa shape index (κ3) is 11.3. The third-order valence-electron chi connectivity index (χ3n) is 4.93. The number of benzene rings is 3. The summed E-state index contributed by atoms with van der Waals surface area (Å²) in [7, 11) is -3.80. The summed E-state index contributed by atoms with van der Waals surface area (Å²) in [6, 6.07) is 26.1. The van der Waals surface area contributed by atoms with Crippen molar-refractivity contribution in [2.75, 3.05) is 25.3 Å². The van der Waals surface area contributed by atoms with Gasteiger partial charge in [-0.2, -0.15) is 0 Å². The van der Waals surface area contributed by atoms with Crippen molar-refractivity contribution in [2.24, 2.45) is 0 Å². The van der Waals surface area contributed by atoms with E-state index < -0.39 is 7.60 Å². The Kier molecular flexibility index (Phi) is 11.8. The van der Waals surface area contributed by atoms with Crippen LogP contribution in [-0.2, 0) is 21.3 Å². The molecule has 8 heteroatoms. The Hall–Kier alpha value is -2.34. The van der Waals surface area contributed by atoms with Crippen molar-refractivity contribution in [1.82, 2.24) is 0 Å². The van der Waals surface area contributed by atoms with Crippen LogP contribution in [0.4, 0.5) is 0 Å². The number of ether oxygens (including phenoxy) is 3. The van der Waals surface area contributed by atoms with E-state index in [0.29, 0.717) is 19.8 Å². The third-order valence-corrected chi connectivity index (χ3v) is 6.19. The maximum absolute atomic E-state index is 9.84. The fourth-order valence-corrected chi connectivity index (χ4v) is 3.99. The molecule has 0 radical (unpaired) electrons. The van der Waals surface area contributed by atoms with Crippen molar-refractivity contribution in [1.29, 1.82) is 0 Å². The first-order chi connectivity index (χ1) is 16.6. The molecular formula is C27H34ClO6P. The summed E-state index contributed by atoms with van der Waals surface area (Å²) in [5.74, 6) is 2.57. The molecule has 2 N–H and O–H groups in total. The van der Waals surface area contributed by atoms with E-state index in [9.17, 15) is 4.57 Å². The quantitative estimate of drug-likeness (QED) is 0.214. The molecule has 3 aromatic rings. The molecule has 0 fully saturated rings. The Labute approximate surface area is 213 Å². The van der Waals surface area contributed by atoms with Crippen LogP contribution in [0.15, 0.2) is 78.9 Å². The summed E-state index contributed by atoms with van der Waals surface area (Å²) in [6.07, 6.45) is -0.228. The van der Waals surface area contributed by atoms with Gasteiger partial charge in [0, 0.05) is 11.3 Å². The van der Waals surface area contributed by atoms with E-state index in [1.165, 1.54) is 5.56 Å². The molecule has 0 spiro atoms. The van der Waals surface area contributed by atoms with Gasteiger partial charge in [0.05, 0.1) is 26.0 Å². The lowest BCUT2D eigenvalue weighted by Gasteiger charge is -2.25. The van der Waals surface area contributed by atoms with Crippen LogP contribution in [0.5, 0.6) is 17.2 Å². The standard InChI is InChI=1S/C25H28O3.C2H6ClO3P/c1-4-27-22-15-13-21(14-16-22)25(2,3)19-26-18-20-9-8-12-24(17-20)28-23-10-6-5-7-11-23;3-1-2-7(4,5)6/h5-17H,4,18-19H2,1-3H3;1-2H2,(H2,4,5,6). The molecule has 190 valence electrons. The van der Waals surface area contributed by atoms with Crippen LogP contribution in [-0.4, -0.2) is 35.0 Å². The van der Waals surface area contributed by atoms with Crippen LogP contribution < -0.4 is 9.47 Å². The lowest BCUT2D eigenvalue weighted by molar-refractivity contribution is 0.0824. The van der Waals surface area contributed by atoms with Crippen LogP contribution >= 0.6 is 19.2 Å². The first-order valence-electron chi connectivity index (χ1n) is 11.4. The fraction of sp³-hybridized carbons (Fsp3) is 0.333. The van der Waals surface area contributed by atoms with Gasteiger partial charge in [-0.25, -0.2) is 0 Å². The first kappa shape index (κ1) is 28.9. The average Bonchev–Trinajstić information content (AvgIpc) is 2.80. The number of alkyl halides is 1. The number of hydrogen-bond acceptors (Lipinski definition) is 4. The maximum atomic E-state index is 9.84. The predicted octanol–water partition coefficient (Wildman–Crippen LogP) is 6.77. The molecule has 0 unspecified atom stereocenters. The lowest BCUT2D eigenvalue weighted by Crippen LogP contribution is -2.24. The van der Waals surface area contributed by atoms with Crippen molar-refractivity contribution in [2.45, 2.75) is 32.8 Å². The minimum Gasteiger partial charge on any atom is -0.494 e. The molecule has 0 saturated carbocycles. The minimum atomic E-state index is -3.80. The average molecular weight is 521 g/mol. The Morgan fingerprint density at radius 3 is 2.11 bits per heavy atom. The van der Waals surface area contributed by atoms with Gasteiger partial charge in [0.25, 0.3) is 0 Å². The van der Waals surface area contributed by atoms with Gasteiger partial charge in [-0.05, 0) is 54.4 Å². The largest absolute Gasteiger partial charge is 0.494 e. The highest BCUT2D eigenvalue weighted by Crippen LogP contribution is 2.33. The molecule has 0 atom stereocenters. The van der Waals surface area contributed by atoms with Crippen molar-refractivity contribution in [3.05, 3.63) is 90.0 Å². The molecule has 3 aromatic carbocycles. The molecule has 0 aliphatic heterocycles. The summed E-state index contributed by atoms with van der Waals surface area (Å²) in [5.41, 5.74) is 2.25. The molecule has 0 heterocycles. The van der Waals surface area contributed by atoms with E-state index in [0.717, 1.165) is 22.8 Å². The Morgan fingerprint density at radius 2 is 1.54 bits per heavy atom. The van der Waals surface area contributed by atoms with Gasteiger partial charge in [-0.1, -0.05) is 56.3 Å². The Bertz CT molecular complexity index is 1050.